The lowest BCUT2D eigenvalue weighted by molar-refractivity contribution is -0.115. The zero-order valence-electron chi connectivity index (χ0n) is 10.1. The van der Waals surface area contributed by atoms with Crippen LogP contribution in [0.25, 0.3) is 0 Å². The third kappa shape index (κ3) is 5.46. The fourth-order valence-corrected chi connectivity index (χ4v) is 1.51. The summed E-state index contributed by atoms with van der Waals surface area (Å²) in [6.07, 6.45) is 0.302. The van der Waals surface area contributed by atoms with Crippen LogP contribution in [-0.4, -0.2) is 18.9 Å². The molecule has 0 aromatic heterocycles. The molecule has 0 saturated heterocycles. The first kappa shape index (κ1) is 15.6. The highest BCUT2D eigenvalue weighted by molar-refractivity contribution is 7.85. The molecule has 0 unspecified atom stereocenters. The Morgan fingerprint density at radius 1 is 1.35 bits per heavy atom. The molecule has 5 nitrogen and oxygen atoms in total. The number of hydrogen-bond donors (Lipinski definition) is 2. The molecular weight excluding hydrogens is 242 g/mol. The van der Waals surface area contributed by atoms with Gasteiger partial charge >= 0.3 is 0 Å². The standard InChI is InChI=1S/C9H11NO4S.C2H6/c1-2-9(11)10-7-4-3-5-8(6-7)15(12,13)14;1-2/h3-6H,2H2,1H3,(H,10,11)(H,12,13,14);1-2H3. The average Bonchev–Trinajstić information content (AvgIpc) is 2.31. The van der Waals surface area contributed by atoms with Crippen LogP contribution in [0.3, 0.4) is 0 Å². The molecule has 0 aliphatic rings. The number of carbonyl (C=O) groups is 1. The Labute approximate surface area is 102 Å². The van der Waals surface area contributed by atoms with Crippen molar-refractivity contribution in [2.45, 2.75) is 32.1 Å². The van der Waals surface area contributed by atoms with Gasteiger partial charge in [-0.1, -0.05) is 26.8 Å². The van der Waals surface area contributed by atoms with Gasteiger partial charge in [-0.15, -0.1) is 0 Å². The third-order valence-electron chi connectivity index (χ3n) is 1.74. The van der Waals surface area contributed by atoms with Gasteiger partial charge in [-0.05, 0) is 18.2 Å². The van der Waals surface area contributed by atoms with E-state index in [1.54, 1.807) is 13.0 Å². The van der Waals surface area contributed by atoms with Gasteiger partial charge < -0.3 is 5.32 Å². The van der Waals surface area contributed by atoms with Crippen LogP contribution in [0.2, 0.25) is 0 Å². The topological polar surface area (TPSA) is 83.5 Å². The molecule has 96 valence electrons. The number of amides is 1. The Balaban J connectivity index is 0.00000121. The number of benzene rings is 1. The minimum absolute atomic E-state index is 0.220. The number of nitrogens with one attached hydrogen (secondary N) is 1. The predicted octanol–water partition coefficient (Wildman–Crippen LogP) is 2.31. The monoisotopic (exact) mass is 259 g/mol. The molecule has 0 fully saturated rings. The van der Waals surface area contributed by atoms with Gasteiger partial charge in [-0.25, -0.2) is 0 Å². The van der Waals surface area contributed by atoms with E-state index in [1.807, 2.05) is 13.8 Å². The molecule has 1 amide bonds. The second-order valence-electron chi connectivity index (χ2n) is 2.90. The average molecular weight is 259 g/mol. The van der Waals surface area contributed by atoms with Crippen LogP contribution in [0, 0.1) is 0 Å². The summed E-state index contributed by atoms with van der Waals surface area (Å²) < 4.78 is 30.3. The number of carbonyl (C=O) groups excluding carboxylic acids is 1. The van der Waals surface area contributed by atoms with Gasteiger partial charge in [0.25, 0.3) is 10.1 Å². The summed E-state index contributed by atoms with van der Waals surface area (Å²) in [5.74, 6) is -0.220. The maximum absolute atomic E-state index is 11.0. The molecule has 0 bridgehead atoms. The molecule has 0 aliphatic carbocycles. The maximum Gasteiger partial charge on any atom is 0.294 e. The lowest BCUT2D eigenvalue weighted by Gasteiger charge is -2.04. The predicted molar refractivity (Wildman–Crippen MR) is 66.5 cm³/mol. The molecule has 0 heterocycles. The van der Waals surface area contributed by atoms with Gasteiger partial charge in [-0.2, -0.15) is 8.42 Å². The summed E-state index contributed by atoms with van der Waals surface area (Å²) in [4.78, 5) is 10.8. The summed E-state index contributed by atoms with van der Waals surface area (Å²) in [7, 11) is -4.22. The van der Waals surface area contributed by atoms with Crippen molar-refractivity contribution in [3.05, 3.63) is 24.3 Å². The summed E-state index contributed by atoms with van der Waals surface area (Å²) >= 11 is 0. The van der Waals surface area contributed by atoms with Crippen molar-refractivity contribution in [3.8, 4) is 0 Å². The molecule has 2 N–H and O–H groups in total. The van der Waals surface area contributed by atoms with Crippen LogP contribution in [0.4, 0.5) is 5.69 Å². The quantitative estimate of drug-likeness (QED) is 0.816. The lowest BCUT2D eigenvalue weighted by Crippen LogP contribution is -2.10. The number of hydrogen-bond acceptors (Lipinski definition) is 3. The first-order valence-electron chi connectivity index (χ1n) is 5.31. The summed E-state index contributed by atoms with van der Waals surface area (Å²) in [5, 5.41) is 2.49. The minimum Gasteiger partial charge on any atom is -0.326 e. The lowest BCUT2D eigenvalue weighted by atomic mass is 10.3. The Kier molecular flexibility index (Phi) is 6.45. The van der Waals surface area contributed by atoms with Crippen molar-refractivity contribution in [1.29, 1.82) is 0 Å². The molecule has 1 aromatic carbocycles. The molecule has 1 rings (SSSR count). The van der Waals surface area contributed by atoms with E-state index in [4.69, 9.17) is 4.55 Å². The van der Waals surface area contributed by atoms with Gasteiger partial charge in [0.1, 0.15) is 0 Å². The molecular formula is C11H17NO4S. The number of anilines is 1. The van der Waals surface area contributed by atoms with E-state index in [2.05, 4.69) is 5.32 Å². The fourth-order valence-electron chi connectivity index (χ4n) is 0.984. The zero-order valence-corrected chi connectivity index (χ0v) is 10.9. The van der Waals surface area contributed by atoms with Gasteiger partial charge in [0, 0.05) is 12.1 Å². The van der Waals surface area contributed by atoms with Crippen LogP contribution in [0.1, 0.15) is 27.2 Å². The second-order valence-corrected chi connectivity index (χ2v) is 4.33. The van der Waals surface area contributed by atoms with Gasteiger partial charge in [-0.3, -0.25) is 9.35 Å². The minimum atomic E-state index is -4.22. The maximum atomic E-state index is 11.0. The first-order valence-corrected chi connectivity index (χ1v) is 6.75. The van der Waals surface area contributed by atoms with Crippen LogP contribution < -0.4 is 5.32 Å². The normalized spacial score (nSPS) is 10.1. The van der Waals surface area contributed by atoms with Crippen LogP contribution in [0.15, 0.2) is 29.2 Å². The third-order valence-corrected chi connectivity index (χ3v) is 2.59. The van der Waals surface area contributed by atoms with E-state index in [0.29, 0.717) is 12.1 Å². The Morgan fingerprint density at radius 3 is 2.41 bits per heavy atom. The van der Waals surface area contributed by atoms with Crippen molar-refractivity contribution >= 4 is 21.7 Å². The van der Waals surface area contributed by atoms with Crippen LogP contribution in [-0.2, 0) is 14.9 Å². The summed E-state index contributed by atoms with van der Waals surface area (Å²) in [6.45, 7) is 5.68. The highest BCUT2D eigenvalue weighted by Crippen LogP contribution is 2.15. The molecule has 6 heteroatoms. The fraction of sp³-hybridized carbons (Fsp3) is 0.364. The molecule has 17 heavy (non-hydrogen) atoms. The molecule has 0 atom stereocenters. The molecule has 0 radical (unpaired) electrons. The smallest absolute Gasteiger partial charge is 0.294 e. The highest BCUT2D eigenvalue weighted by Gasteiger charge is 2.09. The summed E-state index contributed by atoms with van der Waals surface area (Å²) in [5.41, 5.74) is 0.344. The van der Waals surface area contributed by atoms with Crippen LogP contribution >= 0.6 is 0 Å². The largest absolute Gasteiger partial charge is 0.326 e. The van der Waals surface area contributed by atoms with Crippen molar-refractivity contribution in [2.24, 2.45) is 0 Å². The van der Waals surface area contributed by atoms with Gasteiger partial charge in [0.15, 0.2) is 0 Å². The second kappa shape index (κ2) is 7.03. The van der Waals surface area contributed by atoms with E-state index >= 15 is 0 Å². The molecule has 0 saturated carbocycles. The van der Waals surface area contributed by atoms with Crippen molar-refractivity contribution in [3.63, 3.8) is 0 Å². The molecule has 1 aromatic rings. The zero-order chi connectivity index (χ0) is 13.5. The van der Waals surface area contributed by atoms with E-state index in [-0.39, 0.29) is 10.8 Å². The molecule has 0 spiro atoms. The molecule has 0 aliphatic heterocycles. The van der Waals surface area contributed by atoms with E-state index in [9.17, 15) is 13.2 Å². The van der Waals surface area contributed by atoms with Gasteiger partial charge in [0.05, 0.1) is 4.90 Å². The van der Waals surface area contributed by atoms with Crippen LogP contribution in [0.5, 0.6) is 0 Å². The summed E-state index contributed by atoms with van der Waals surface area (Å²) in [6, 6.07) is 5.43. The van der Waals surface area contributed by atoms with Crippen molar-refractivity contribution in [1.82, 2.24) is 0 Å². The van der Waals surface area contributed by atoms with E-state index in [1.165, 1.54) is 18.2 Å². The Hall–Kier alpha value is -1.40. The van der Waals surface area contributed by atoms with Crippen molar-refractivity contribution < 1.29 is 17.8 Å². The number of rotatable bonds is 3. The van der Waals surface area contributed by atoms with E-state index in [0.717, 1.165) is 0 Å². The van der Waals surface area contributed by atoms with Gasteiger partial charge in [0.2, 0.25) is 5.91 Å². The highest BCUT2D eigenvalue weighted by atomic mass is 32.2. The van der Waals surface area contributed by atoms with Crippen molar-refractivity contribution in [2.75, 3.05) is 5.32 Å². The SMILES string of the molecule is CC.CCC(=O)Nc1cccc(S(=O)(=O)O)c1. The Bertz CT molecular complexity index is 468. The van der Waals surface area contributed by atoms with E-state index < -0.39 is 10.1 Å². The first-order chi connectivity index (χ1) is 7.93. The Morgan fingerprint density at radius 2 is 1.94 bits per heavy atom.